The molecule has 146 valence electrons. The second-order valence-electron chi connectivity index (χ2n) is 6.60. The zero-order chi connectivity index (χ0) is 18.8. The minimum Gasteiger partial charge on any atom is -0.381 e. The number of nitrogens with zero attached hydrogens (tertiary/aromatic N) is 1. The molecule has 0 atom stereocenters. The molecule has 1 heterocycles. The van der Waals surface area contributed by atoms with Crippen molar-refractivity contribution in [2.75, 3.05) is 32.8 Å². The fourth-order valence-corrected chi connectivity index (χ4v) is 4.47. The van der Waals surface area contributed by atoms with Crippen molar-refractivity contribution in [3.05, 3.63) is 30.3 Å². The molecule has 0 radical (unpaired) electrons. The van der Waals surface area contributed by atoms with E-state index in [1.165, 1.54) is 4.31 Å². The molecule has 0 aromatic heterocycles. The van der Waals surface area contributed by atoms with Crippen LogP contribution < -0.4 is 5.32 Å². The third kappa shape index (κ3) is 6.07. The standard InChI is InChI=1S/C19H30N2O4S/c1-2-3-15-25-16-7-12-20-19(22)17-10-13-21(14-11-17)26(23,24)18-8-5-4-6-9-18/h4-6,8-9,17H,2-3,7,10-16H2,1H3,(H,20,22). The number of sulfonamides is 1. The van der Waals surface area contributed by atoms with Gasteiger partial charge in [-0.2, -0.15) is 4.31 Å². The van der Waals surface area contributed by atoms with Gasteiger partial charge in [-0.25, -0.2) is 8.42 Å². The van der Waals surface area contributed by atoms with Gasteiger partial charge >= 0.3 is 0 Å². The maximum absolute atomic E-state index is 12.6. The lowest BCUT2D eigenvalue weighted by Gasteiger charge is -2.30. The highest BCUT2D eigenvalue weighted by molar-refractivity contribution is 7.89. The Morgan fingerprint density at radius 1 is 1.15 bits per heavy atom. The SMILES string of the molecule is CCCCOCCCNC(=O)C1CCN(S(=O)(=O)c2ccccc2)CC1. The van der Waals surface area contributed by atoms with E-state index < -0.39 is 10.0 Å². The van der Waals surface area contributed by atoms with Crippen LogP contribution in [0.1, 0.15) is 39.0 Å². The Morgan fingerprint density at radius 3 is 2.46 bits per heavy atom. The van der Waals surface area contributed by atoms with Crippen LogP contribution in [0.3, 0.4) is 0 Å². The van der Waals surface area contributed by atoms with Gasteiger partial charge < -0.3 is 10.1 Å². The third-order valence-electron chi connectivity index (χ3n) is 4.61. The smallest absolute Gasteiger partial charge is 0.243 e. The highest BCUT2D eigenvalue weighted by Gasteiger charge is 2.31. The van der Waals surface area contributed by atoms with Crippen molar-refractivity contribution >= 4 is 15.9 Å². The fourth-order valence-electron chi connectivity index (χ4n) is 2.98. The Bertz CT molecular complexity index is 641. The lowest BCUT2D eigenvalue weighted by atomic mass is 9.97. The molecular weight excluding hydrogens is 352 g/mol. The number of rotatable bonds is 10. The predicted octanol–water partition coefficient (Wildman–Crippen LogP) is 2.41. The number of hydrogen-bond donors (Lipinski definition) is 1. The Labute approximate surface area is 157 Å². The van der Waals surface area contributed by atoms with Crippen molar-refractivity contribution in [2.24, 2.45) is 5.92 Å². The van der Waals surface area contributed by atoms with E-state index in [-0.39, 0.29) is 11.8 Å². The number of nitrogens with one attached hydrogen (secondary N) is 1. The molecule has 26 heavy (non-hydrogen) atoms. The summed E-state index contributed by atoms with van der Waals surface area (Å²) in [5.74, 6) is -0.0893. The predicted molar refractivity (Wildman–Crippen MR) is 101 cm³/mol. The van der Waals surface area contributed by atoms with Crippen LogP contribution in [-0.4, -0.2) is 51.5 Å². The summed E-state index contributed by atoms with van der Waals surface area (Å²) in [6.45, 7) is 4.94. The Balaban J connectivity index is 1.70. The molecule has 1 amide bonds. The second-order valence-corrected chi connectivity index (χ2v) is 8.54. The molecule has 1 fully saturated rings. The summed E-state index contributed by atoms with van der Waals surface area (Å²) in [7, 11) is -3.46. The van der Waals surface area contributed by atoms with Crippen molar-refractivity contribution < 1.29 is 17.9 Å². The van der Waals surface area contributed by atoms with Crippen LogP contribution in [0.15, 0.2) is 35.2 Å². The molecule has 1 aromatic carbocycles. The van der Waals surface area contributed by atoms with Crippen LogP contribution in [0.25, 0.3) is 0 Å². The number of unbranched alkanes of at least 4 members (excludes halogenated alkanes) is 1. The monoisotopic (exact) mass is 382 g/mol. The van der Waals surface area contributed by atoms with E-state index in [1.807, 2.05) is 0 Å². The van der Waals surface area contributed by atoms with Gasteiger partial charge in [0.25, 0.3) is 0 Å². The fraction of sp³-hybridized carbons (Fsp3) is 0.632. The molecule has 0 saturated carbocycles. The molecule has 0 spiro atoms. The molecule has 1 saturated heterocycles. The van der Waals surface area contributed by atoms with Crippen LogP contribution in [0.2, 0.25) is 0 Å². The summed E-state index contributed by atoms with van der Waals surface area (Å²) in [5.41, 5.74) is 0. The Morgan fingerprint density at radius 2 is 1.81 bits per heavy atom. The summed E-state index contributed by atoms with van der Waals surface area (Å²) >= 11 is 0. The Kier molecular flexibility index (Phi) is 8.54. The van der Waals surface area contributed by atoms with Gasteiger partial charge in [0, 0.05) is 38.8 Å². The van der Waals surface area contributed by atoms with E-state index >= 15 is 0 Å². The summed E-state index contributed by atoms with van der Waals surface area (Å²) < 4.78 is 32.1. The number of hydrogen-bond acceptors (Lipinski definition) is 4. The maximum Gasteiger partial charge on any atom is 0.243 e. The van der Waals surface area contributed by atoms with E-state index in [0.717, 1.165) is 25.9 Å². The average molecular weight is 383 g/mol. The summed E-state index contributed by atoms with van der Waals surface area (Å²) in [5, 5.41) is 2.94. The molecule has 1 aliphatic heterocycles. The first kappa shape index (κ1) is 20.9. The Hall–Kier alpha value is -1.44. The lowest BCUT2D eigenvalue weighted by molar-refractivity contribution is -0.126. The van der Waals surface area contributed by atoms with Gasteiger partial charge in [-0.15, -0.1) is 0 Å². The van der Waals surface area contributed by atoms with Crippen molar-refractivity contribution in [3.63, 3.8) is 0 Å². The zero-order valence-electron chi connectivity index (χ0n) is 15.5. The molecule has 1 aromatic rings. The minimum atomic E-state index is -3.46. The van der Waals surface area contributed by atoms with Crippen molar-refractivity contribution in [3.8, 4) is 0 Å². The van der Waals surface area contributed by atoms with Gasteiger partial charge in [0.2, 0.25) is 15.9 Å². The molecule has 1 N–H and O–H groups in total. The topological polar surface area (TPSA) is 75.7 Å². The largest absolute Gasteiger partial charge is 0.381 e. The number of piperidine rings is 1. The van der Waals surface area contributed by atoms with Crippen LogP contribution in [0.4, 0.5) is 0 Å². The first-order chi connectivity index (χ1) is 12.6. The van der Waals surface area contributed by atoms with Crippen LogP contribution >= 0.6 is 0 Å². The van der Waals surface area contributed by atoms with E-state index in [4.69, 9.17) is 4.74 Å². The zero-order valence-corrected chi connectivity index (χ0v) is 16.3. The van der Waals surface area contributed by atoms with Crippen LogP contribution in [-0.2, 0) is 19.6 Å². The highest BCUT2D eigenvalue weighted by atomic mass is 32.2. The van der Waals surface area contributed by atoms with Gasteiger partial charge in [0.05, 0.1) is 4.90 Å². The normalized spacial score (nSPS) is 16.5. The quantitative estimate of drug-likeness (QED) is 0.631. The van der Waals surface area contributed by atoms with Gasteiger partial charge in [-0.05, 0) is 37.8 Å². The summed E-state index contributed by atoms with van der Waals surface area (Å²) in [4.78, 5) is 12.6. The molecule has 7 heteroatoms. The molecule has 0 bridgehead atoms. The molecule has 1 aliphatic rings. The first-order valence-electron chi connectivity index (χ1n) is 9.46. The van der Waals surface area contributed by atoms with Crippen molar-refractivity contribution in [1.82, 2.24) is 9.62 Å². The number of carbonyl (C=O) groups excluding carboxylic acids is 1. The molecule has 2 rings (SSSR count). The average Bonchev–Trinajstić information content (AvgIpc) is 2.68. The van der Waals surface area contributed by atoms with Crippen LogP contribution in [0, 0.1) is 5.92 Å². The molecule has 6 nitrogen and oxygen atoms in total. The lowest BCUT2D eigenvalue weighted by Crippen LogP contribution is -2.43. The van der Waals surface area contributed by atoms with E-state index in [2.05, 4.69) is 12.2 Å². The summed E-state index contributed by atoms with van der Waals surface area (Å²) in [6.07, 6.45) is 4.11. The van der Waals surface area contributed by atoms with Gasteiger partial charge in [0.1, 0.15) is 0 Å². The van der Waals surface area contributed by atoms with E-state index in [0.29, 0.717) is 44.0 Å². The molecule has 0 aliphatic carbocycles. The minimum absolute atomic E-state index is 0.0234. The number of amides is 1. The van der Waals surface area contributed by atoms with E-state index in [1.54, 1.807) is 30.3 Å². The van der Waals surface area contributed by atoms with E-state index in [9.17, 15) is 13.2 Å². The second kappa shape index (κ2) is 10.6. The van der Waals surface area contributed by atoms with Gasteiger partial charge in [0.15, 0.2) is 0 Å². The number of benzene rings is 1. The van der Waals surface area contributed by atoms with Gasteiger partial charge in [-0.1, -0.05) is 31.5 Å². The van der Waals surface area contributed by atoms with Gasteiger partial charge in [-0.3, -0.25) is 4.79 Å². The third-order valence-corrected chi connectivity index (χ3v) is 6.53. The van der Waals surface area contributed by atoms with Crippen molar-refractivity contribution in [1.29, 1.82) is 0 Å². The molecule has 0 unspecified atom stereocenters. The summed E-state index contributed by atoms with van der Waals surface area (Å²) in [6, 6.07) is 8.45. The van der Waals surface area contributed by atoms with Crippen LogP contribution in [0.5, 0.6) is 0 Å². The highest BCUT2D eigenvalue weighted by Crippen LogP contribution is 2.23. The first-order valence-corrected chi connectivity index (χ1v) is 10.9. The maximum atomic E-state index is 12.6. The number of carbonyl (C=O) groups is 1. The molecular formula is C19H30N2O4S. The number of ether oxygens (including phenoxy) is 1. The van der Waals surface area contributed by atoms with Crippen molar-refractivity contribution in [2.45, 2.75) is 43.9 Å².